The number of nitrogens with two attached hydrogens (primary N) is 1. The minimum atomic E-state index is -1.09. The smallest absolute Gasteiger partial charge is 0.251 e. The minimum Gasteiger partial charge on any atom is -0.384 e. The number of carbonyl (C=O) groups is 3. The number of hydrogen-bond donors (Lipinski definition) is 4. The lowest BCUT2D eigenvalue weighted by Gasteiger charge is -2.24. The lowest BCUT2D eigenvalue weighted by molar-refractivity contribution is -0.152. The van der Waals surface area contributed by atoms with Gasteiger partial charge in [-0.05, 0) is 42.0 Å². The van der Waals surface area contributed by atoms with Crippen molar-refractivity contribution in [2.75, 3.05) is 26.3 Å². The Kier molecular flexibility index (Phi) is 8.10. The van der Waals surface area contributed by atoms with Crippen molar-refractivity contribution in [1.29, 1.82) is 5.41 Å². The predicted molar refractivity (Wildman–Crippen MR) is 146 cm³/mol. The van der Waals surface area contributed by atoms with E-state index in [0.29, 0.717) is 24.3 Å². The second kappa shape index (κ2) is 11.7. The molecule has 2 fully saturated rings. The number of hydrogen-bond acceptors (Lipinski definition) is 7. The first-order chi connectivity index (χ1) is 19.6. The van der Waals surface area contributed by atoms with Gasteiger partial charge in [0.1, 0.15) is 23.5 Å². The Bertz CT molecular complexity index is 1490. The Hall–Kier alpha value is -4.20. The zero-order chi connectivity index (χ0) is 29.1. The van der Waals surface area contributed by atoms with Crippen molar-refractivity contribution in [3.05, 3.63) is 81.5 Å². The van der Waals surface area contributed by atoms with Crippen molar-refractivity contribution in [3.8, 4) is 11.1 Å². The number of amidine groups is 1. The standard InChI is InChI=1S/C28H27F2N5O5S/c29-19-5-6-22(30)21(10-19)16-1-3-17(4-2-16)26(37)34-13-24(36)35-15-28(39-7-8-40-28)11-23(35)27(38)33-12-20-9-18(14-41-20)25(31)32/h1-6,9-10,14,23H,7-8,11-13,15H2,(H3,31,32)(H,33,38)(H,34,37). The number of rotatable bonds is 8. The molecule has 2 saturated heterocycles. The number of thiophene rings is 1. The fraction of sp³-hybridized carbons (Fsp3) is 0.286. The molecular weight excluding hydrogens is 556 g/mol. The molecule has 0 radical (unpaired) electrons. The van der Waals surface area contributed by atoms with Crippen LogP contribution >= 0.6 is 11.3 Å². The molecule has 2 aliphatic rings. The summed E-state index contributed by atoms with van der Waals surface area (Å²) in [6.45, 7) is 0.514. The number of benzene rings is 2. The third-order valence-electron chi connectivity index (χ3n) is 6.92. The van der Waals surface area contributed by atoms with E-state index < -0.39 is 41.2 Å². The van der Waals surface area contributed by atoms with Crippen LogP contribution in [-0.4, -0.2) is 66.6 Å². The van der Waals surface area contributed by atoms with E-state index in [1.165, 1.54) is 40.5 Å². The molecule has 3 amide bonds. The largest absolute Gasteiger partial charge is 0.384 e. The molecule has 5 N–H and O–H groups in total. The summed E-state index contributed by atoms with van der Waals surface area (Å²) in [5.74, 6) is -3.79. The number of nitrogens with zero attached hydrogens (tertiary/aromatic N) is 1. The molecule has 1 atom stereocenters. The van der Waals surface area contributed by atoms with Gasteiger partial charge in [-0.1, -0.05) is 12.1 Å². The van der Waals surface area contributed by atoms with Crippen LogP contribution in [0.25, 0.3) is 11.1 Å². The van der Waals surface area contributed by atoms with Gasteiger partial charge in [0.05, 0.1) is 32.8 Å². The molecule has 41 heavy (non-hydrogen) atoms. The fourth-order valence-electron chi connectivity index (χ4n) is 4.83. The highest BCUT2D eigenvalue weighted by atomic mass is 32.1. The van der Waals surface area contributed by atoms with Gasteiger partial charge in [0.2, 0.25) is 11.8 Å². The topological polar surface area (TPSA) is 147 Å². The fourth-order valence-corrected chi connectivity index (χ4v) is 5.65. The maximum Gasteiger partial charge on any atom is 0.251 e. The van der Waals surface area contributed by atoms with Crippen molar-refractivity contribution >= 4 is 34.9 Å². The molecule has 5 rings (SSSR count). The molecule has 0 aliphatic carbocycles. The Morgan fingerprint density at radius 2 is 1.78 bits per heavy atom. The summed E-state index contributed by atoms with van der Waals surface area (Å²) in [5, 5.41) is 14.6. The zero-order valence-electron chi connectivity index (χ0n) is 21.7. The summed E-state index contributed by atoms with van der Waals surface area (Å²) < 4.78 is 39.1. The summed E-state index contributed by atoms with van der Waals surface area (Å²) >= 11 is 1.35. The van der Waals surface area contributed by atoms with Crippen LogP contribution in [0.3, 0.4) is 0 Å². The number of ether oxygens (including phenoxy) is 2. The van der Waals surface area contributed by atoms with Crippen LogP contribution < -0.4 is 16.4 Å². The van der Waals surface area contributed by atoms with Gasteiger partial charge in [0.15, 0.2) is 5.79 Å². The van der Waals surface area contributed by atoms with Gasteiger partial charge in [-0.2, -0.15) is 0 Å². The summed E-state index contributed by atoms with van der Waals surface area (Å²) in [6, 6.07) is 9.82. The molecule has 0 bridgehead atoms. The first-order valence-corrected chi connectivity index (χ1v) is 13.6. The third-order valence-corrected chi connectivity index (χ3v) is 7.85. The summed E-state index contributed by atoms with van der Waals surface area (Å²) in [4.78, 5) is 41.2. The summed E-state index contributed by atoms with van der Waals surface area (Å²) in [6.07, 6.45) is 0.139. The molecule has 1 unspecified atom stereocenters. The van der Waals surface area contributed by atoms with Crippen molar-refractivity contribution in [1.82, 2.24) is 15.5 Å². The van der Waals surface area contributed by atoms with E-state index in [9.17, 15) is 23.2 Å². The van der Waals surface area contributed by atoms with E-state index in [4.69, 9.17) is 20.6 Å². The number of amides is 3. The van der Waals surface area contributed by atoms with Crippen LogP contribution in [0, 0.1) is 17.0 Å². The highest BCUT2D eigenvalue weighted by Crippen LogP contribution is 2.35. The van der Waals surface area contributed by atoms with E-state index in [1.807, 2.05) is 0 Å². The quantitative estimate of drug-likeness (QED) is 0.237. The highest BCUT2D eigenvalue weighted by Gasteiger charge is 2.52. The van der Waals surface area contributed by atoms with Gasteiger partial charge in [-0.3, -0.25) is 19.8 Å². The number of likely N-dealkylation sites (tertiary alicyclic amines) is 1. The van der Waals surface area contributed by atoms with Crippen molar-refractivity contribution in [2.45, 2.75) is 24.8 Å². The van der Waals surface area contributed by atoms with Gasteiger partial charge in [-0.25, -0.2) is 8.78 Å². The van der Waals surface area contributed by atoms with E-state index in [-0.39, 0.29) is 43.0 Å². The van der Waals surface area contributed by atoms with Crippen molar-refractivity contribution < 1.29 is 32.6 Å². The van der Waals surface area contributed by atoms with Crippen LogP contribution in [0.4, 0.5) is 8.78 Å². The monoisotopic (exact) mass is 583 g/mol. The Balaban J connectivity index is 1.21. The Morgan fingerprint density at radius 1 is 1.05 bits per heavy atom. The molecular formula is C28H27F2N5O5S. The van der Waals surface area contributed by atoms with Crippen molar-refractivity contribution in [2.24, 2.45) is 5.73 Å². The SMILES string of the molecule is N=C(N)c1csc(CNC(=O)C2CC3(CN2C(=O)CNC(=O)c2ccc(-c4cc(F)ccc4F)cc2)OCCO3)c1. The Labute approximate surface area is 237 Å². The number of halogens is 2. The van der Waals surface area contributed by atoms with Gasteiger partial charge in [0, 0.05) is 33.4 Å². The van der Waals surface area contributed by atoms with Crippen LogP contribution in [0.2, 0.25) is 0 Å². The zero-order valence-corrected chi connectivity index (χ0v) is 22.6. The summed E-state index contributed by atoms with van der Waals surface area (Å²) in [7, 11) is 0. The van der Waals surface area contributed by atoms with Crippen LogP contribution in [0.1, 0.15) is 27.2 Å². The van der Waals surface area contributed by atoms with Crippen LogP contribution in [0.5, 0.6) is 0 Å². The molecule has 214 valence electrons. The van der Waals surface area contributed by atoms with E-state index >= 15 is 0 Å². The lowest BCUT2D eigenvalue weighted by Crippen LogP contribution is -2.49. The van der Waals surface area contributed by atoms with E-state index in [2.05, 4.69) is 10.6 Å². The first-order valence-electron chi connectivity index (χ1n) is 12.7. The molecule has 2 aliphatic heterocycles. The first kappa shape index (κ1) is 28.3. The van der Waals surface area contributed by atoms with E-state index in [1.54, 1.807) is 11.4 Å². The normalized spacial score (nSPS) is 17.5. The van der Waals surface area contributed by atoms with Crippen molar-refractivity contribution in [3.63, 3.8) is 0 Å². The number of nitrogen functional groups attached to an aromatic ring is 1. The van der Waals surface area contributed by atoms with Gasteiger partial charge in [0.25, 0.3) is 5.91 Å². The van der Waals surface area contributed by atoms with Gasteiger partial charge in [-0.15, -0.1) is 11.3 Å². The lowest BCUT2D eigenvalue weighted by atomic mass is 10.0. The molecule has 1 aromatic heterocycles. The second-order valence-electron chi connectivity index (χ2n) is 9.67. The molecule has 3 heterocycles. The summed E-state index contributed by atoms with van der Waals surface area (Å²) in [5.41, 5.74) is 6.74. The molecule has 3 aromatic rings. The van der Waals surface area contributed by atoms with Crippen LogP contribution in [-0.2, 0) is 25.6 Å². The van der Waals surface area contributed by atoms with Gasteiger partial charge >= 0.3 is 0 Å². The van der Waals surface area contributed by atoms with E-state index in [0.717, 1.165) is 23.1 Å². The minimum absolute atomic E-state index is 0.0289. The number of carbonyl (C=O) groups excluding carboxylic acids is 3. The number of nitrogens with one attached hydrogen (secondary N) is 3. The molecule has 2 aromatic carbocycles. The maximum absolute atomic E-state index is 14.1. The second-order valence-corrected chi connectivity index (χ2v) is 10.7. The average Bonchev–Trinajstić information content (AvgIpc) is 3.72. The molecule has 13 heteroatoms. The molecule has 10 nitrogen and oxygen atoms in total. The Morgan fingerprint density at radius 3 is 2.46 bits per heavy atom. The molecule has 0 saturated carbocycles. The predicted octanol–water partition coefficient (Wildman–Crippen LogP) is 2.37. The highest BCUT2D eigenvalue weighted by molar-refractivity contribution is 7.10. The third kappa shape index (κ3) is 6.26. The average molecular weight is 584 g/mol. The molecule has 1 spiro atoms. The maximum atomic E-state index is 14.1. The van der Waals surface area contributed by atoms with Gasteiger partial charge < -0.3 is 30.7 Å². The van der Waals surface area contributed by atoms with Crippen LogP contribution in [0.15, 0.2) is 53.9 Å².